The Morgan fingerprint density at radius 3 is 2.77 bits per heavy atom. The molecule has 3 atom stereocenters. The van der Waals surface area contributed by atoms with Gasteiger partial charge in [0, 0.05) is 17.1 Å². The number of carbonyl (C=O) groups is 2. The predicted octanol–water partition coefficient (Wildman–Crippen LogP) is 2.10. The number of halogens is 2. The zero-order valence-corrected chi connectivity index (χ0v) is 12.4. The van der Waals surface area contributed by atoms with E-state index in [1.807, 2.05) is 0 Å². The van der Waals surface area contributed by atoms with E-state index in [1.165, 1.54) is 12.1 Å². The van der Waals surface area contributed by atoms with Crippen molar-refractivity contribution in [2.24, 2.45) is 11.8 Å². The van der Waals surface area contributed by atoms with Gasteiger partial charge in [-0.3, -0.25) is 9.59 Å². The van der Waals surface area contributed by atoms with Crippen LogP contribution in [0.2, 0.25) is 5.02 Å². The van der Waals surface area contributed by atoms with Gasteiger partial charge in [-0.2, -0.15) is 0 Å². The van der Waals surface area contributed by atoms with Gasteiger partial charge in [0.05, 0.1) is 25.0 Å². The second kappa shape index (κ2) is 5.85. The fourth-order valence-corrected chi connectivity index (χ4v) is 3.06. The van der Waals surface area contributed by atoms with Crippen molar-refractivity contribution < 1.29 is 23.8 Å². The van der Waals surface area contributed by atoms with Crippen molar-refractivity contribution in [1.82, 2.24) is 4.90 Å². The lowest BCUT2D eigenvalue weighted by Gasteiger charge is -2.33. The van der Waals surface area contributed by atoms with E-state index in [0.29, 0.717) is 31.7 Å². The number of rotatable bonds is 3. The summed E-state index contributed by atoms with van der Waals surface area (Å²) in [7, 11) is 0. The van der Waals surface area contributed by atoms with Crippen molar-refractivity contribution in [3.63, 3.8) is 0 Å². The van der Waals surface area contributed by atoms with Gasteiger partial charge >= 0.3 is 5.97 Å². The van der Waals surface area contributed by atoms with Gasteiger partial charge in [0.1, 0.15) is 11.9 Å². The van der Waals surface area contributed by atoms with Gasteiger partial charge in [0.25, 0.3) is 0 Å². The van der Waals surface area contributed by atoms with Crippen LogP contribution in [0.25, 0.3) is 0 Å². The predicted molar refractivity (Wildman–Crippen MR) is 75.9 cm³/mol. The molecule has 5 nitrogen and oxygen atoms in total. The first kappa shape index (κ1) is 15.2. The van der Waals surface area contributed by atoms with Crippen molar-refractivity contribution in [2.45, 2.75) is 12.5 Å². The molecule has 0 spiro atoms. The van der Waals surface area contributed by atoms with E-state index in [4.69, 9.17) is 21.4 Å². The normalized spacial score (nSPS) is 27.5. The van der Waals surface area contributed by atoms with Gasteiger partial charge in [0.2, 0.25) is 5.91 Å². The first-order valence-electron chi connectivity index (χ1n) is 7.05. The maximum Gasteiger partial charge on any atom is 0.307 e. The maximum atomic E-state index is 13.1. The third-order valence-electron chi connectivity index (χ3n) is 4.11. The van der Waals surface area contributed by atoms with E-state index in [1.54, 1.807) is 11.0 Å². The highest BCUT2D eigenvalue weighted by Gasteiger charge is 2.50. The average Bonchev–Trinajstić information content (AvgIpc) is 3.27. The van der Waals surface area contributed by atoms with Crippen LogP contribution in [0, 0.1) is 17.7 Å². The van der Waals surface area contributed by atoms with Crippen LogP contribution in [0.3, 0.4) is 0 Å². The minimum absolute atomic E-state index is 0.154. The van der Waals surface area contributed by atoms with Gasteiger partial charge in [-0.1, -0.05) is 17.7 Å². The molecule has 1 aromatic rings. The minimum atomic E-state index is -0.926. The number of benzene rings is 1. The number of carboxylic acids is 1. The first-order valence-corrected chi connectivity index (χ1v) is 7.43. The highest BCUT2D eigenvalue weighted by atomic mass is 35.5. The first-order chi connectivity index (χ1) is 10.5. The molecule has 3 rings (SSSR count). The van der Waals surface area contributed by atoms with Crippen LogP contribution in [-0.2, 0) is 14.3 Å². The molecule has 1 heterocycles. The van der Waals surface area contributed by atoms with E-state index in [-0.39, 0.29) is 10.9 Å². The van der Waals surface area contributed by atoms with Crippen LogP contribution in [0.1, 0.15) is 18.1 Å². The Bertz CT molecular complexity index is 624. The Balaban J connectivity index is 1.69. The lowest BCUT2D eigenvalue weighted by molar-refractivity contribution is -0.145. The summed E-state index contributed by atoms with van der Waals surface area (Å²) in [6.07, 6.45) is -0.0270. The third kappa shape index (κ3) is 2.94. The monoisotopic (exact) mass is 327 g/mol. The van der Waals surface area contributed by atoms with E-state index in [2.05, 4.69) is 0 Å². The Morgan fingerprint density at radius 1 is 1.36 bits per heavy atom. The fourth-order valence-electron chi connectivity index (χ4n) is 2.78. The fraction of sp³-hybridized carbons (Fsp3) is 0.467. The number of carboxylic acid groups (broad SMARTS) is 1. The SMILES string of the molecule is O=C(O)C1CC1C(=O)N1CCOC(c2ccc(F)cc2Cl)C1. The Morgan fingerprint density at radius 2 is 2.14 bits per heavy atom. The Labute approximate surface area is 131 Å². The highest BCUT2D eigenvalue weighted by molar-refractivity contribution is 6.31. The molecule has 1 aliphatic heterocycles. The van der Waals surface area contributed by atoms with Crippen LogP contribution in [-0.4, -0.2) is 41.6 Å². The van der Waals surface area contributed by atoms with E-state index < -0.39 is 29.7 Å². The summed E-state index contributed by atoms with van der Waals surface area (Å²) >= 11 is 6.03. The van der Waals surface area contributed by atoms with Crippen molar-refractivity contribution in [3.05, 3.63) is 34.6 Å². The Kier molecular flexibility index (Phi) is 4.06. The van der Waals surface area contributed by atoms with Gasteiger partial charge in [-0.05, 0) is 18.6 Å². The molecule has 7 heteroatoms. The van der Waals surface area contributed by atoms with Gasteiger partial charge in [0.15, 0.2) is 0 Å². The summed E-state index contributed by atoms with van der Waals surface area (Å²) in [5.41, 5.74) is 0.631. The summed E-state index contributed by atoms with van der Waals surface area (Å²) in [5, 5.41) is 9.17. The third-order valence-corrected chi connectivity index (χ3v) is 4.44. The maximum absolute atomic E-state index is 13.1. The molecule has 1 amide bonds. The van der Waals surface area contributed by atoms with Gasteiger partial charge < -0.3 is 14.7 Å². The number of hydrogen-bond donors (Lipinski definition) is 1. The van der Waals surface area contributed by atoms with Crippen LogP contribution in [0.15, 0.2) is 18.2 Å². The molecular formula is C15H15ClFNO4. The summed E-state index contributed by atoms with van der Waals surface area (Å²) in [5.74, 6) is -2.51. The summed E-state index contributed by atoms with van der Waals surface area (Å²) in [6.45, 7) is 1.07. The molecule has 22 heavy (non-hydrogen) atoms. The smallest absolute Gasteiger partial charge is 0.307 e. The zero-order chi connectivity index (χ0) is 15.9. The number of ether oxygens (including phenoxy) is 1. The molecule has 3 unspecified atom stereocenters. The summed E-state index contributed by atoms with van der Waals surface area (Å²) < 4.78 is 18.7. The second-order valence-corrected chi connectivity index (χ2v) is 6.00. The molecule has 0 aromatic heterocycles. The topological polar surface area (TPSA) is 66.8 Å². The van der Waals surface area contributed by atoms with Gasteiger partial charge in [-0.25, -0.2) is 4.39 Å². The quantitative estimate of drug-likeness (QED) is 0.923. The highest BCUT2D eigenvalue weighted by Crippen LogP contribution is 2.41. The molecule has 1 saturated heterocycles. The minimum Gasteiger partial charge on any atom is -0.481 e. The number of nitrogens with zero attached hydrogens (tertiary/aromatic N) is 1. The molecule has 2 fully saturated rings. The van der Waals surface area contributed by atoms with E-state index >= 15 is 0 Å². The lowest BCUT2D eigenvalue weighted by atomic mass is 10.1. The van der Waals surface area contributed by atoms with Crippen molar-refractivity contribution in [1.29, 1.82) is 0 Å². The zero-order valence-electron chi connectivity index (χ0n) is 11.7. The van der Waals surface area contributed by atoms with Crippen LogP contribution >= 0.6 is 11.6 Å². The molecule has 1 aliphatic carbocycles. The number of carbonyl (C=O) groups excluding carboxylic acids is 1. The molecular weight excluding hydrogens is 313 g/mol. The van der Waals surface area contributed by atoms with Crippen molar-refractivity contribution in [2.75, 3.05) is 19.7 Å². The number of hydrogen-bond acceptors (Lipinski definition) is 3. The molecule has 1 N–H and O–H groups in total. The molecule has 1 aromatic carbocycles. The van der Waals surface area contributed by atoms with Crippen LogP contribution in [0.5, 0.6) is 0 Å². The van der Waals surface area contributed by atoms with E-state index in [9.17, 15) is 14.0 Å². The average molecular weight is 328 g/mol. The summed E-state index contributed by atoms with van der Waals surface area (Å²) in [4.78, 5) is 24.8. The number of amides is 1. The standard InChI is InChI=1S/C15H15ClFNO4/c16-12-5-8(17)1-2-9(12)13-7-18(3-4-22-13)14(19)10-6-11(10)15(20)21/h1-2,5,10-11,13H,3-4,6-7H2,(H,20,21). The second-order valence-electron chi connectivity index (χ2n) is 5.60. The summed E-state index contributed by atoms with van der Waals surface area (Å²) in [6, 6.07) is 4.06. The largest absolute Gasteiger partial charge is 0.481 e. The molecule has 0 bridgehead atoms. The number of aliphatic carboxylic acids is 1. The molecule has 118 valence electrons. The molecule has 1 saturated carbocycles. The van der Waals surface area contributed by atoms with Crippen LogP contribution in [0.4, 0.5) is 4.39 Å². The number of morpholine rings is 1. The Hall–Kier alpha value is -1.66. The van der Waals surface area contributed by atoms with Crippen molar-refractivity contribution in [3.8, 4) is 0 Å². The van der Waals surface area contributed by atoms with Crippen molar-refractivity contribution >= 4 is 23.5 Å². The lowest BCUT2D eigenvalue weighted by Crippen LogP contribution is -2.43. The van der Waals surface area contributed by atoms with E-state index in [0.717, 1.165) is 0 Å². The van der Waals surface area contributed by atoms with Gasteiger partial charge in [-0.15, -0.1) is 0 Å². The molecule has 2 aliphatic rings. The van der Waals surface area contributed by atoms with Crippen LogP contribution < -0.4 is 0 Å². The molecule has 0 radical (unpaired) electrons.